The maximum absolute atomic E-state index is 2.51. The van der Waals surface area contributed by atoms with Gasteiger partial charge in [-0.3, -0.25) is 0 Å². The van der Waals surface area contributed by atoms with Gasteiger partial charge in [0.15, 0.2) is 0 Å². The molecular formula is C21H25Si. The summed E-state index contributed by atoms with van der Waals surface area (Å²) in [5.74, 6) is 0.837. The van der Waals surface area contributed by atoms with Crippen LogP contribution >= 0.6 is 0 Å². The van der Waals surface area contributed by atoms with Crippen LogP contribution in [-0.2, 0) is 0 Å². The summed E-state index contributed by atoms with van der Waals surface area (Å²) in [4.78, 5) is 0. The van der Waals surface area contributed by atoms with Crippen molar-refractivity contribution in [3.8, 4) is 0 Å². The van der Waals surface area contributed by atoms with E-state index in [9.17, 15) is 0 Å². The van der Waals surface area contributed by atoms with Gasteiger partial charge in [-0.2, -0.15) is 0 Å². The lowest BCUT2D eigenvalue weighted by molar-refractivity contribution is 0.419. The highest BCUT2D eigenvalue weighted by Gasteiger charge is 2.15. The van der Waals surface area contributed by atoms with E-state index < -0.39 is 8.80 Å². The Morgan fingerprint density at radius 3 is 1.86 bits per heavy atom. The van der Waals surface area contributed by atoms with Crippen molar-refractivity contribution < 1.29 is 0 Å². The number of benzene rings is 2. The molecule has 2 aromatic carbocycles. The molecule has 0 saturated heterocycles. The predicted octanol–water partition coefficient (Wildman–Crippen LogP) is 4.43. The molecule has 0 aromatic heterocycles. The van der Waals surface area contributed by atoms with Crippen LogP contribution in [0, 0.1) is 5.92 Å². The van der Waals surface area contributed by atoms with Crippen LogP contribution < -0.4 is 10.4 Å². The minimum absolute atomic E-state index is 0.687. The second-order valence-electron chi connectivity index (χ2n) is 6.24. The number of hydrogen-bond acceptors (Lipinski definition) is 0. The third kappa shape index (κ3) is 4.20. The zero-order chi connectivity index (χ0) is 15.0. The van der Waals surface area contributed by atoms with Gasteiger partial charge in [0.05, 0.1) is 0 Å². The monoisotopic (exact) mass is 305 g/mol. The van der Waals surface area contributed by atoms with Crippen molar-refractivity contribution >= 4 is 19.2 Å². The standard InChI is InChI=1S/C21H25Si/c1-4-11-19(12-5-1)13-10-18-22(20-14-6-2-7-15-20)21-16-8-3-9-17-21/h2-3,6-10,13-17,19H,1,4-5,11-12,18H2/b13-10+. The normalized spacial score (nSPS) is 16.4. The van der Waals surface area contributed by atoms with Crippen molar-refractivity contribution in [2.75, 3.05) is 0 Å². The maximum Gasteiger partial charge on any atom is 0.125 e. The van der Waals surface area contributed by atoms with Crippen LogP contribution in [0.25, 0.3) is 0 Å². The number of rotatable bonds is 5. The van der Waals surface area contributed by atoms with Crippen molar-refractivity contribution in [3.05, 3.63) is 72.8 Å². The first-order valence-electron chi connectivity index (χ1n) is 8.57. The molecule has 113 valence electrons. The lowest BCUT2D eigenvalue weighted by Gasteiger charge is -2.18. The molecule has 22 heavy (non-hydrogen) atoms. The van der Waals surface area contributed by atoms with Crippen LogP contribution in [0.2, 0.25) is 6.04 Å². The van der Waals surface area contributed by atoms with Crippen molar-refractivity contribution in [2.45, 2.75) is 38.1 Å². The van der Waals surface area contributed by atoms with Crippen LogP contribution in [0.15, 0.2) is 72.8 Å². The van der Waals surface area contributed by atoms with Crippen LogP contribution in [0.1, 0.15) is 32.1 Å². The minimum atomic E-state index is -0.687. The van der Waals surface area contributed by atoms with Gasteiger partial charge in [-0.15, -0.1) is 0 Å². The van der Waals surface area contributed by atoms with Gasteiger partial charge >= 0.3 is 0 Å². The molecule has 2 aromatic rings. The zero-order valence-electron chi connectivity index (χ0n) is 13.2. The van der Waals surface area contributed by atoms with Gasteiger partial charge in [0.2, 0.25) is 0 Å². The SMILES string of the molecule is C(=C\C1CCCCC1)/C[Si](c1ccccc1)c1ccccc1. The fourth-order valence-corrected chi connectivity index (χ4v) is 5.75. The highest BCUT2D eigenvalue weighted by Crippen LogP contribution is 2.24. The van der Waals surface area contributed by atoms with Gasteiger partial charge in [-0.1, -0.05) is 102 Å². The fourth-order valence-electron chi connectivity index (χ4n) is 3.39. The van der Waals surface area contributed by atoms with Crippen molar-refractivity contribution in [1.29, 1.82) is 0 Å². The Balaban J connectivity index is 1.73. The third-order valence-electron chi connectivity index (χ3n) is 4.62. The summed E-state index contributed by atoms with van der Waals surface area (Å²) in [5, 5.41) is 3.04. The predicted molar refractivity (Wildman–Crippen MR) is 98.4 cm³/mol. The molecule has 1 fully saturated rings. The summed E-state index contributed by atoms with van der Waals surface area (Å²) in [6, 6.07) is 23.3. The fraction of sp³-hybridized carbons (Fsp3) is 0.333. The Morgan fingerprint density at radius 2 is 1.32 bits per heavy atom. The molecule has 1 heteroatoms. The number of allylic oxidation sites excluding steroid dienone is 2. The average Bonchev–Trinajstić information content (AvgIpc) is 2.61. The Labute approximate surface area is 136 Å². The molecule has 0 nitrogen and oxygen atoms in total. The summed E-state index contributed by atoms with van der Waals surface area (Å²) in [6.45, 7) is 0. The lowest BCUT2D eigenvalue weighted by Crippen LogP contribution is -2.41. The van der Waals surface area contributed by atoms with Gasteiger partial charge in [0, 0.05) is 0 Å². The van der Waals surface area contributed by atoms with Gasteiger partial charge in [0.25, 0.3) is 0 Å². The molecule has 0 atom stereocenters. The minimum Gasteiger partial charge on any atom is -0.0905 e. The topological polar surface area (TPSA) is 0 Å². The average molecular weight is 306 g/mol. The molecule has 3 rings (SSSR count). The molecule has 0 aliphatic heterocycles. The van der Waals surface area contributed by atoms with Crippen LogP contribution in [0.4, 0.5) is 0 Å². The first-order valence-corrected chi connectivity index (χ1v) is 10.3. The largest absolute Gasteiger partial charge is 0.125 e. The maximum atomic E-state index is 2.51. The molecule has 1 saturated carbocycles. The molecule has 0 heterocycles. The second-order valence-corrected chi connectivity index (χ2v) is 8.76. The van der Waals surface area contributed by atoms with E-state index >= 15 is 0 Å². The van der Waals surface area contributed by atoms with E-state index in [2.05, 4.69) is 72.8 Å². The molecule has 0 spiro atoms. The second kappa shape index (κ2) is 8.14. The Kier molecular flexibility index (Phi) is 5.66. The third-order valence-corrected chi connectivity index (χ3v) is 7.33. The van der Waals surface area contributed by atoms with E-state index in [1.165, 1.54) is 48.5 Å². The molecule has 1 aliphatic rings. The lowest BCUT2D eigenvalue weighted by atomic mass is 9.89. The Morgan fingerprint density at radius 1 is 0.773 bits per heavy atom. The molecule has 0 bridgehead atoms. The van der Waals surface area contributed by atoms with Gasteiger partial charge in [0.1, 0.15) is 8.80 Å². The number of hydrogen-bond donors (Lipinski definition) is 0. The zero-order valence-corrected chi connectivity index (χ0v) is 14.2. The van der Waals surface area contributed by atoms with Crippen molar-refractivity contribution in [2.24, 2.45) is 5.92 Å². The Hall–Kier alpha value is -1.60. The van der Waals surface area contributed by atoms with E-state index in [0.717, 1.165) is 5.92 Å². The summed E-state index contributed by atoms with van der Waals surface area (Å²) in [5.41, 5.74) is 0. The van der Waals surface area contributed by atoms with Crippen molar-refractivity contribution in [1.82, 2.24) is 0 Å². The molecule has 1 radical (unpaired) electrons. The van der Waals surface area contributed by atoms with Gasteiger partial charge in [-0.05, 0) is 24.8 Å². The molecule has 0 amide bonds. The van der Waals surface area contributed by atoms with Crippen molar-refractivity contribution in [3.63, 3.8) is 0 Å². The van der Waals surface area contributed by atoms with Gasteiger partial charge in [-0.25, -0.2) is 0 Å². The molecular weight excluding hydrogens is 280 g/mol. The highest BCUT2D eigenvalue weighted by atomic mass is 28.3. The first-order chi connectivity index (χ1) is 10.9. The van der Waals surface area contributed by atoms with E-state index in [-0.39, 0.29) is 0 Å². The van der Waals surface area contributed by atoms with E-state index in [4.69, 9.17) is 0 Å². The molecule has 0 N–H and O–H groups in total. The summed E-state index contributed by atoms with van der Waals surface area (Å²) in [6.07, 6.45) is 12.1. The smallest absolute Gasteiger partial charge is 0.0905 e. The van der Waals surface area contributed by atoms with Crippen LogP contribution in [-0.4, -0.2) is 8.80 Å². The summed E-state index contributed by atoms with van der Waals surface area (Å²) in [7, 11) is -0.687. The van der Waals surface area contributed by atoms with E-state index in [1.807, 2.05) is 0 Å². The Bertz CT molecular complexity index is 528. The van der Waals surface area contributed by atoms with Crippen LogP contribution in [0.5, 0.6) is 0 Å². The summed E-state index contributed by atoms with van der Waals surface area (Å²) < 4.78 is 0. The van der Waals surface area contributed by atoms with E-state index in [0.29, 0.717) is 0 Å². The quantitative estimate of drug-likeness (QED) is 0.566. The van der Waals surface area contributed by atoms with Gasteiger partial charge < -0.3 is 0 Å². The van der Waals surface area contributed by atoms with Crippen LogP contribution in [0.3, 0.4) is 0 Å². The van der Waals surface area contributed by atoms with E-state index in [1.54, 1.807) is 0 Å². The summed E-state index contributed by atoms with van der Waals surface area (Å²) >= 11 is 0. The first kappa shape index (κ1) is 15.3. The highest BCUT2D eigenvalue weighted by molar-refractivity contribution is 6.85. The molecule has 1 aliphatic carbocycles. The molecule has 0 unspecified atom stereocenters.